The van der Waals surface area contributed by atoms with Gasteiger partial charge in [-0.2, -0.15) is 0 Å². The van der Waals surface area contributed by atoms with Gasteiger partial charge in [-0.25, -0.2) is 13.2 Å². The molecule has 0 fully saturated rings. The van der Waals surface area contributed by atoms with Gasteiger partial charge in [0.2, 0.25) is 0 Å². The summed E-state index contributed by atoms with van der Waals surface area (Å²) in [6.45, 7) is 0. The standard InChI is InChI=1S/C15H11BrF3NO/c16-8-1-2-14-7(3-8)4-13(20)15(21-14)9-5-11(18)12(19)6-10(9)17/h1-3,5-6,13,15H,4,20H2. The molecule has 110 valence electrons. The van der Waals surface area contributed by atoms with E-state index in [1.807, 2.05) is 6.07 Å². The quantitative estimate of drug-likeness (QED) is 0.786. The highest BCUT2D eigenvalue weighted by atomic mass is 79.9. The second-order valence-electron chi connectivity index (χ2n) is 4.95. The molecule has 2 nitrogen and oxygen atoms in total. The number of benzene rings is 2. The maximum absolute atomic E-state index is 13.9. The highest BCUT2D eigenvalue weighted by Crippen LogP contribution is 2.36. The summed E-state index contributed by atoms with van der Waals surface area (Å²) in [6, 6.07) is 6.15. The molecule has 2 aromatic rings. The number of fused-ring (bicyclic) bond motifs is 1. The molecule has 2 atom stereocenters. The van der Waals surface area contributed by atoms with E-state index in [1.165, 1.54) is 0 Å². The van der Waals surface area contributed by atoms with Gasteiger partial charge in [0.15, 0.2) is 11.6 Å². The van der Waals surface area contributed by atoms with E-state index in [-0.39, 0.29) is 5.56 Å². The average Bonchev–Trinajstić information content (AvgIpc) is 2.42. The van der Waals surface area contributed by atoms with E-state index < -0.39 is 29.6 Å². The van der Waals surface area contributed by atoms with Crippen LogP contribution in [0.4, 0.5) is 13.2 Å². The van der Waals surface area contributed by atoms with Crippen LogP contribution in [0.5, 0.6) is 5.75 Å². The fourth-order valence-corrected chi connectivity index (χ4v) is 2.87. The van der Waals surface area contributed by atoms with Crippen molar-refractivity contribution in [2.45, 2.75) is 18.6 Å². The Labute approximate surface area is 127 Å². The SMILES string of the molecule is NC1Cc2cc(Br)ccc2OC1c1cc(F)c(F)cc1F. The summed E-state index contributed by atoms with van der Waals surface area (Å²) in [5, 5.41) is 0. The Kier molecular flexibility index (Phi) is 3.67. The maximum atomic E-state index is 13.9. The second-order valence-corrected chi connectivity index (χ2v) is 5.86. The molecule has 0 bridgehead atoms. The zero-order valence-electron chi connectivity index (χ0n) is 10.7. The zero-order chi connectivity index (χ0) is 15.1. The largest absolute Gasteiger partial charge is 0.484 e. The van der Waals surface area contributed by atoms with E-state index in [4.69, 9.17) is 10.5 Å². The predicted molar refractivity (Wildman–Crippen MR) is 75.5 cm³/mol. The highest BCUT2D eigenvalue weighted by molar-refractivity contribution is 9.10. The summed E-state index contributed by atoms with van der Waals surface area (Å²) in [5.74, 6) is -2.65. The fraction of sp³-hybridized carbons (Fsp3) is 0.200. The van der Waals surface area contributed by atoms with Gasteiger partial charge in [-0.05, 0) is 36.2 Å². The third-order valence-corrected chi connectivity index (χ3v) is 3.96. The minimum Gasteiger partial charge on any atom is -0.484 e. The molecule has 0 radical (unpaired) electrons. The molecule has 1 aliphatic rings. The molecule has 0 saturated heterocycles. The molecule has 1 aliphatic heterocycles. The van der Waals surface area contributed by atoms with Crippen molar-refractivity contribution in [1.29, 1.82) is 0 Å². The summed E-state index contributed by atoms with van der Waals surface area (Å²) in [7, 11) is 0. The van der Waals surface area contributed by atoms with E-state index >= 15 is 0 Å². The molecule has 2 aromatic carbocycles. The Morgan fingerprint density at radius 3 is 2.52 bits per heavy atom. The molecule has 0 saturated carbocycles. The van der Waals surface area contributed by atoms with Crippen molar-refractivity contribution in [2.75, 3.05) is 0 Å². The summed E-state index contributed by atoms with van der Waals surface area (Å²) in [5.41, 5.74) is 6.82. The van der Waals surface area contributed by atoms with Crippen molar-refractivity contribution < 1.29 is 17.9 Å². The molecule has 2 N–H and O–H groups in total. The van der Waals surface area contributed by atoms with Crippen LogP contribution in [-0.2, 0) is 6.42 Å². The minimum absolute atomic E-state index is 0.0741. The summed E-state index contributed by atoms with van der Waals surface area (Å²) in [6.07, 6.45) is -0.397. The van der Waals surface area contributed by atoms with Gasteiger partial charge < -0.3 is 10.5 Å². The van der Waals surface area contributed by atoms with Gasteiger partial charge >= 0.3 is 0 Å². The Bertz CT molecular complexity index is 708. The molecule has 3 rings (SSSR count). The van der Waals surface area contributed by atoms with Crippen molar-refractivity contribution in [3.8, 4) is 5.75 Å². The van der Waals surface area contributed by atoms with Crippen LogP contribution in [0.1, 0.15) is 17.2 Å². The van der Waals surface area contributed by atoms with Gasteiger partial charge in [-0.3, -0.25) is 0 Å². The van der Waals surface area contributed by atoms with E-state index in [9.17, 15) is 13.2 Å². The monoisotopic (exact) mass is 357 g/mol. The van der Waals surface area contributed by atoms with E-state index in [0.717, 1.165) is 16.1 Å². The number of ether oxygens (including phenoxy) is 1. The molecule has 0 aromatic heterocycles. The molecule has 1 heterocycles. The van der Waals surface area contributed by atoms with Crippen molar-refractivity contribution in [1.82, 2.24) is 0 Å². The Morgan fingerprint density at radius 1 is 1.05 bits per heavy atom. The molecular weight excluding hydrogens is 347 g/mol. The first-order valence-corrected chi connectivity index (χ1v) is 7.10. The first kappa shape index (κ1) is 14.4. The van der Waals surface area contributed by atoms with Crippen molar-refractivity contribution >= 4 is 15.9 Å². The van der Waals surface area contributed by atoms with Crippen molar-refractivity contribution in [2.24, 2.45) is 5.73 Å². The summed E-state index contributed by atoms with van der Waals surface area (Å²) in [4.78, 5) is 0. The van der Waals surface area contributed by atoms with Crippen LogP contribution in [0.2, 0.25) is 0 Å². The lowest BCUT2D eigenvalue weighted by molar-refractivity contribution is 0.148. The average molecular weight is 358 g/mol. The number of halogens is 4. The van der Waals surface area contributed by atoms with Crippen LogP contribution in [0.25, 0.3) is 0 Å². The topological polar surface area (TPSA) is 35.2 Å². The van der Waals surface area contributed by atoms with Crippen LogP contribution < -0.4 is 10.5 Å². The van der Waals surface area contributed by atoms with Crippen LogP contribution in [0.3, 0.4) is 0 Å². The third-order valence-electron chi connectivity index (χ3n) is 3.47. The van der Waals surface area contributed by atoms with Crippen molar-refractivity contribution in [3.63, 3.8) is 0 Å². The van der Waals surface area contributed by atoms with Gasteiger partial charge in [0.05, 0.1) is 6.04 Å². The predicted octanol–water partition coefficient (Wildman–Crippen LogP) is 3.87. The molecule has 0 aliphatic carbocycles. The molecule has 6 heteroatoms. The van der Waals surface area contributed by atoms with E-state index in [2.05, 4.69) is 15.9 Å². The van der Waals surface area contributed by atoms with E-state index in [1.54, 1.807) is 12.1 Å². The van der Waals surface area contributed by atoms with Gasteiger partial charge in [0.1, 0.15) is 17.7 Å². The smallest absolute Gasteiger partial charge is 0.161 e. The third kappa shape index (κ3) is 2.65. The van der Waals surface area contributed by atoms with Crippen LogP contribution in [0.15, 0.2) is 34.8 Å². The normalized spacial score (nSPS) is 20.8. The Hall–Kier alpha value is -1.53. The molecule has 2 unspecified atom stereocenters. The first-order chi connectivity index (χ1) is 9.95. The summed E-state index contributed by atoms with van der Waals surface area (Å²) >= 11 is 3.35. The van der Waals surface area contributed by atoms with E-state index in [0.29, 0.717) is 18.2 Å². The van der Waals surface area contributed by atoms with Gasteiger partial charge in [-0.1, -0.05) is 15.9 Å². The minimum atomic E-state index is -1.23. The van der Waals surface area contributed by atoms with Gasteiger partial charge in [-0.15, -0.1) is 0 Å². The zero-order valence-corrected chi connectivity index (χ0v) is 12.3. The maximum Gasteiger partial charge on any atom is 0.161 e. The number of hydrogen-bond donors (Lipinski definition) is 1. The molecule has 21 heavy (non-hydrogen) atoms. The molecular formula is C15H11BrF3NO. The molecule has 0 amide bonds. The fourth-order valence-electron chi connectivity index (χ4n) is 2.46. The van der Waals surface area contributed by atoms with Crippen LogP contribution >= 0.6 is 15.9 Å². The summed E-state index contributed by atoms with van der Waals surface area (Å²) < 4.78 is 46.8. The highest BCUT2D eigenvalue weighted by Gasteiger charge is 2.31. The Balaban J connectivity index is 2.01. The van der Waals surface area contributed by atoms with Crippen LogP contribution in [-0.4, -0.2) is 6.04 Å². The van der Waals surface area contributed by atoms with Crippen molar-refractivity contribution in [3.05, 3.63) is 63.4 Å². The number of hydrogen-bond acceptors (Lipinski definition) is 2. The number of rotatable bonds is 1. The molecule has 0 spiro atoms. The van der Waals surface area contributed by atoms with Gasteiger partial charge in [0.25, 0.3) is 0 Å². The van der Waals surface area contributed by atoms with Crippen LogP contribution in [0, 0.1) is 17.5 Å². The lowest BCUT2D eigenvalue weighted by Crippen LogP contribution is -2.38. The first-order valence-electron chi connectivity index (χ1n) is 6.31. The lowest BCUT2D eigenvalue weighted by Gasteiger charge is -2.32. The lowest BCUT2D eigenvalue weighted by atomic mass is 9.93. The van der Waals surface area contributed by atoms with Gasteiger partial charge in [0, 0.05) is 16.1 Å². The number of nitrogens with two attached hydrogens (primary N) is 1. The Morgan fingerprint density at radius 2 is 1.76 bits per heavy atom. The second kappa shape index (κ2) is 5.35.